The van der Waals surface area contributed by atoms with Gasteiger partial charge in [-0.2, -0.15) is 0 Å². The van der Waals surface area contributed by atoms with Crippen LogP contribution in [0.5, 0.6) is 0 Å². The van der Waals surface area contributed by atoms with Gasteiger partial charge in [-0.05, 0) is 25.7 Å². The lowest BCUT2D eigenvalue weighted by atomic mass is 9.72. The molecule has 0 atom stereocenters. The molecule has 2 aliphatic carbocycles. The molecule has 4 heteroatoms. The Balaban J connectivity index is 1.83. The van der Waals surface area contributed by atoms with E-state index >= 15 is 0 Å². The Bertz CT molecular complexity index is 355. The second kappa shape index (κ2) is 4.56. The summed E-state index contributed by atoms with van der Waals surface area (Å²) in [6, 6.07) is 0.0136. The lowest BCUT2D eigenvalue weighted by Crippen LogP contribution is -2.63. The third-order valence-corrected chi connectivity index (χ3v) is 4.97. The monoisotopic (exact) mass is 250 g/mol. The van der Waals surface area contributed by atoms with Crippen LogP contribution in [0, 0.1) is 5.41 Å². The summed E-state index contributed by atoms with van der Waals surface area (Å²) in [5.74, 6) is 0.123. The predicted octanol–water partition coefficient (Wildman–Crippen LogP) is 2.43. The van der Waals surface area contributed by atoms with Gasteiger partial charge in [-0.15, -0.1) is 0 Å². The molecule has 4 nitrogen and oxygen atoms in total. The maximum Gasteiger partial charge on any atom is 0.324 e. The topological polar surface area (TPSA) is 49.4 Å². The Morgan fingerprint density at radius 2 is 1.67 bits per heavy atom. The maximum atomic E-state index is 12.8. The first-order valence-electron chi connectivity index (χ1n) is 7.34. The molecule has 3 aliphatic rings. The summed E-state index contributed by atoms with van der Waals surface area (Å²) in [5.41, 5.74) is -0.269. The van der Waals surface area contributed by atoms with Gasteiger partial charge in [0, 0.05) is 12.6 Å². The minimum atomic E-state index is -0.269. The number of amides is 3. The van der Waals surface area contributed by atoms with Crippen LogP contribution in [0.15, 0.2) is 0 Å². The van der Waals surface area contributed by atoms with Crippen LogP contribution in [-0.2, 0) is 4.79 Å². The zero-order chi connectivity index (χ0) is 12.6. The Kier molecular flexibility index (Phi) is 3.04. The van der Waals surface area contributed by atoms with Gasteiger partial charge in [0.1, 0.15) is 0 Å². The maximum absolute atomic E-state index is 12.8. The van der Waals surface area contributed by atoms with Crippen LogP contribution in [0.3, 0.4) is 0 Å². The van der Waals surface area contributed by atoms with Gasteiger partial charge in [0.25, 0.3) is 0 Å². The SMILES string of the molecule is O=C1NCC2(CCCCC2)C(=O)N1C1CCCC1. The van der Waals surface area contributed by atoms with E-state index in [0.717, 1.165) is 51.4 Å². The smallest absolute Gasteiger partial charge is 0.324 e. The van der Waals surface area contributed by atoms with E-state index in [4.69, 9.17) is 0 Å². The van der Waals surface area contributed by atoms with Crippen LogP contribution in [0.25, 0.3) is 0 Å². The van der Waals surface area contributed by atoms with Gasteiger partial charge in [0.2, 0.25) is 5.91 Å². The van der Waals surface area contributed by atoms with Crippen molar-refractivity contribution in [1.82, 2.24) is 10.2 Å². The van der Waals surface area contributed by atoms with Crippen molar-refractivity contribution in [2.45, 2.75) is 63.8 Å². The third-order valence-electron chi connectivity index (χ3n) is 4.97. The lowest BCUT2D eigenvalue weighted by molar-refractivity contribution is -0.144. The molecule has 0 aromatic carbocycles. The number of carbonyl (C=O) groups is 2. The molecule has 18 heavy (non-hydrogen) atoms. The quantitative estimate of drug-likeness (QED) is 0.777. The number of nitrogens with one attached hydrogen (secondary N) is 1. The van der Waals surface area contributed by atoms with Crippen molar-refractivity contribution in [3.8, 4) is 0 Å². The molecule has 0 bridgehead atoms. The van der Waals surface area contributed by atoms with Crippen molar-refractivity contribution in [3.63, 3.8) is 0 Å². The van der Waals surface area contributed by atoms with Gasteiger partial charge in [-0.25, -0.2) is 4.79 Å². The van der Waals surface area contributed by atoms with E-state index < -0.39 is 0 Å². The molecule has 3 fully saturated rings. The molecule has 0 radical (unpaired) electrons. The van der Waals surface area contributed by atoms with Gasteiger partial charge in [0.05, 0.1) is 5.41 Å². The molecule has 3 amide bonds. The van der Waals surface area contributed by atoms with E-state index in [1.807, 2.05) is 0 Å². The van der Waals surface area contributed by atoms with Crippen molar-refractivity contribution in [3.05, 3.63) is 0 Å². The number of hydrogen-bond acceptors (Lipinski definition) is 2. The number of urea groups is 1. The van der Waals surface area contributed by atoms with Crippen LogP contribution in [0.4, 0.5) is 4.79 Å². The second-order valence-electron chi connectivity index (χ2n) is 6.11. The highest BCUT2D eigenvalue weighted by atomic mass is 16.2. The van der Waals surface area contributed by atoms with Crippen LogP contribution >= 0.6 is 0 Å². The lowest BCUT2D eigenvalue weighted by Gasteiger charge is -2.45. The van der Waals surface area contributed by atoms with E-state index in [1.54, 1.807) is 4.90 Å². The summed E-state index contributed by atoms with van der Waals surface area (Å²) in [6.45, 7) is 0.563. The zero-order valence-corrected chi connectivity index (χ0v) is 10.9. The molecular weight excluding hydrogens is 228 g/mol. The van der Waals surface area contributed by atoms with Gasteiger partial charge in [-0.1, -0.05) is 32.1 Å². The van der Waals surface area contributed by atoms with Crippen molar-refractivity contribution in [1.29, 1.82) is 0 Å². The van der Waals surface area contributed by atoms with E-state index in [9.17, 15) is 9.59 Å². The highest BCUT2D eigenvalue weighted by Crippen LogP contribution is 2.41. The highest BCUT2D eigenvalue weighted by molar-refractivity contribution is 6.00. The Hall–Kier alpha value is -1.06. The molecular formula is C14H22N2O2. The standard InChI is InChI=1S/C14H22N2O2/c17-12-14(8-4-1-5-9-14)10-15-13(18)16(12)11-6-2-3-7-11/h11H,1-10H2,(H,15,18). The predicted molar refractivity (Wildman–Crippen MR) is 68.0 cm³/mol. The fourth-order valence-electron chi connectivity index (χ4n) is 3.87. The zero-order valence-electron chi connectivity index (χ0n) is 10.9. The first kappa shape index (κ1) is 12.0. The third kappa shape index (κ3) is 1.82. The summed E-state index contributed by atoms with van der Waals surface area (Å²) in [4.78, 5) is 26.3. The van der Waals surface area contributed by atoms with Crippen molar-refractivity contribution >= 4 is 11.9 Å². The molecule has 1 saturated heterocycles. The van der Waals surface area contributed by atoms with E-state index in [2.05, 4.69) is 5.32 Å². The Labute approximate surface area is 108 Å². The number of hydrogen-bond donors (Lipinski definition) is 1. The molecule has 0 unspecified atom stereocenters. The van der Waals surface area contributed by atoms with Crippen molar-refractivity contribution in [2.24, 2.45) is 5.41 Å². The molecule has 2 saturated carbocycles. The molecule has 1 aliphatic heterocycles. The first-order chi connectivity index (χ1) is 8.73. The fraction of sp³-hybridized carbons (Fsp3) is 0.857. The average molecular weight is 250 g/mol. The number of rotatable bonds is 1. The van der Waals surface area contributed by atoms with Gasteiger partial charge < -0.3 is 5.32 Å². The number of nitrogens with zero attached hydrogens (tertiary/aromatic N) is 1. The number of carbonyl (C=O) groups excluding carboxylic acids is 2. The largest absolute Gasteiger partial charge is 0.337 e. The molecule has 3 rings (SSSR count). The van der Waals surface area contributed by atoms with E-state index in [0.29, 0.717) is 6.54 Å². The van der Waals surface area contributed by atoms with E-state index in [-0.39, 0.29) is 23.4 Å². The molecule has 1 spiro atoms. The van der Waals surface area contributed by atoms with Crippen molar-refractivity contribution in [2.75, 3.05) is 6.54 Å². The summed E-state index contributed by atoms with van der Waals surface area (Å²) in [6.07, 6.45) is 9.67. The van der Waals surface area contributed by atoms with Gasteiger partial charge >= 0.3 is 6.03 Å². The molecule has 0 aromatic rings. The Morgan fingerprint density at radius 3 is 2.33 bits per heavy atom. The minimum absolute atomic E-state index is 0.123. The highest BCUT2D eigenvalue weighted by Gasteiger charge is 2.49. The molecule has 100 valence electrons. The summed E-state index contributed by atoms with van der Waals surface area (Å²) < 4.78 is 0. The average Bonchev–Trinajstić information content (AvgIpc) is 2.90. The molecule has 1 heterocycles. The summed E-state index contributed by atoms with van der Waals surface area (Å²) >= 11 is 0. The van der Waals surface area contributed by atoms with Crippen LogP contribution in [0.1, 0.15) is 57.8 Å². The van der Waals surface area contributed by atoms with Gasteiger partial charge in [0.15, 0.2) is 0 Å². The second-order valence-corrected chi connectivity index (χ2v) is 6.11. The fourth-order valence-corrected chi connectivity index (χ4v) is 3.87. The van der Waals surface area contributed by atoms with Crippen LogP contribution < -0.4 is 5.32 Å². The van der Waals surface area contributed by atoms with Gasteiger partial charge in [-0.3, -0.25) is 9.69 Å². The summed E-state index contributed by atoms with van der Waals surface area (Å²) in [5, 5.41) is 2.97. The minimum Gasteiger partial charge on any atom is -0.337 e. The Morgan fingerprint density at radius 1 is 1.00 bits per heavy atom. The van der Waals surface area contributed by atoms with Crippen LogP contribution in [-0.4, -0.2) is 29.4 Å². The van der Waals surface area contributed by atoms with E-state index in [1.165, 1.54) is 6.42 Å². The molecule has 1 N–H and O–H groups in total. The first-order valence-corrected chi connectivity index (χ1v) is 7.34. The molecule has 0 aromatic heterocycles. The van der Waals surface area contributed by atoms with Crippen molar-refractivity contribution < 1.29 is 9.59 Å². The van der Waals surface area contributed by atoms with Crippen LogP contribution in [0.2, 0.25) is 0 Å². The normalized spacial score (nSPS) is 28.8. The number of imide groups is 1. The summed E-state index contributed by atoms with van der Waals surface area (Å²) in [7, 11) is 0.